The van der Waals surface area contributed by atoms with Crippen LogP contribution in [0.25, 0.3) is 0 Å². The van der Waals surface area contributed by atoms with Crippen LogP contribution in [0.15, 0.2) is 18.5 Å². The molecule has 0 saturated carbocycles. The molecule has 1 aromatic rings. The summed E-state index contributed by atoms with van der Waals surface area (Å²) in [6.07, 6.45) is 9.81. The van der Waals surface area contributed by atoms with Gasteiger partial charge in [-0.25, -0.2) is 0 Å². The number of carbonyl (C=O) groups excluding carboxylic acids is 2. The smallest absolute Gasteiger partial charge is 0.242 e. The van der Waals surface area contributed by atoms with E-state index in [1.807, 2.05) is 16.9 Å². The Bertz CT molecular complexity index is 545. The first-order valence-corrected chi connectivity index (χ1v) is 9.01. The first kappa shape index (κ1) is 17.0. The summed E-state index contributed by atoms with van der Waals surface area (Å²) in [5.74, 6) is -0.1000. The van der Waals surface area contributed by atoms with E-state index in [0.717, 1.165) is 45.2 Å². The van der Waals surface area contributed by atoms with Crippen LogP contribution in [0.4, 0.5) is 0 Å². The number of piperidine rings is 1. The van der Waals surface area contributed by atoms with E-state index in [0.29, 0.717) is 19.1 Å². The van der Waals surface area contributed by atoms with E-state index in [1.165, 1.54) is 6.42 Å². The van der Waals surface area contributed by atoms with Crippen LogP contribution < -0.4 is 10.6 Å². The van der Waals surface area contributed by atoms with Gasteiger partial charge in [0, 0.05) is 25.0 Å². The van der Waals surface area contributed by atoms with Gasteiger partial charge in [-0.15, -0.1) is 0 Å². The third kappa shape index (κ3) is 4.56. The van der Waals surface area contributed by atoms with Crippen molar-refractivity contribution in [2.75, 3.05) is 19.6 Å². The average molecular weight is 333 g/mol. The van der Waals surface area contributed by atoms with E-state index in [9.17, 15) is 9.59 Å². The van der Waals surface area contributed by atoms with E-state index in [-0.39, 0.29) is 17.9 Å². The molecule has 1 aromatic heterocycles. The highest BCUT2D eigenvalue weighted by atomic mass is 16.2. The van der Waals surface area contributed by atoms with Crippen molar-refractivity contribution in [3.05, 3.63) is 18.5 Å². The molecule has 2 aliphatic heterocycles. The molecular formula is C17H27N5O2. The van der Waals surface area contributed by atoms with Crippen LogP contribution in [0.2, 0.25) is 0 Å². The average Bonchev–Trinajstić information content (AvgIpc) is 3.00. The fraction of sp³-hybridized carbons (Fsp3) is 0.706. The molecule has 2 amide bonds. The molecule has 2 saturated heterocycles. The van der Waals surface area contributed by atoms with E-state index < -0.39 is 0 Å². The molecule has 24 heavy (non-hydrogen) atoms. The van der Waals surface area contributed by atoms with Crippen LogP contribution in [0, 0.1) is 0 Å². The zero-order valence-corrected chi connectivity index (χ0v) is 14.1. The predicted octanol–water partition coefficient (Wildman–Crippen LogP) is 0.523. The quantitative estimate of drug-likeness (QED) is 0.823. The molecule has 0 spiro atoms. The van der Waals surface area contributed by atoms with Gasteiger partial charge in [0.1, 0.15) is 6.04 Å². The fourth-order valence-corrected chi connectivity index (χ4v) is 3.60. The van der Waals surface area contributed by atoms with Crippen LogP contribution in [-0.2, 0) is 16.1 Å². The Balaban J connectivity index is 1.54. The van der Waals surface area contributed by atoms with Gasteiger partial charge in [-0.05, 0) is 44.7 Å². The lowest BCUT2D eigenvalue weighted by atomic mass is 10.0. The van der Waals surface area contributed by atoms with Gasteiger partial charge in [0.15, 0.2) is 0 Å². The molecule has 2 atom stereocenters. The minimum absolute atomic E-state index is 0.0485. The molecule has 0 radical (unpaired) electrons. The monoisotopic (exact) mass is 333 g/mol. The lowest BCUT2D eigenvalue weighted by Crippen LogP contribution is -2.51. The molecule has 0 bridgehead atoms. The number of rotatable bonds is 5. The standard InChI is InChI=1S/C17H27N5O2/c23-16(20-15-7-1-3-8-18-17(15)24)13-21-10-4-2-6-14(21)12-22-11-5-9-19-22/h5,9,11,14-15H,1-4,6-8,10,12-13H2,(H,18,24)(H,20,23)/t14-,15-/m0/s1. The lowest BCUT2D eigenvalue weighted by molar-refractivity contribution is -0.130. The number of hydrogen-bond acceptors (Lipinski definition) is 4. The first-order chi connectivity index (χ1) is 11.7. The maximum atomic E-state index is 12.4. The molecule has 7 heteroatoms. The van der Waals surface area contributed by atoms with Gasteiger partial charge in [0.05, 0.1) is 13.1 Å². The van der Waals surface area contributed by atoms with Crippen LogP contribution in [0.1, 0.15) is 38.5 Å². The largest absolute Gasteiger partial charge is 0.354 e. The molecule has 2 aliphatic rings. The number of likely N-dealkylation sites (tertiary alicyclic amines) is 1. The molecule has 0 unspecified atom stereocenters. The summed E-state index contributed by atoms with van der Waals surface area (Å²) in [6.45, 7) is 2.80. The molecule has 3 heterocycles. The van der Waals surface area contributed by atoms with E-state index in [4.69, 9.17) is 0 Å². The molecule has 2 fully saturated rings. The number of nitrogens with zero attached hydrogens (tertiary/aromatic N) is 3. The van der Waals surface area contributed by atoms with Gasteiger partial charge in [-0.3, -0.25) is 19.2 Å². The second kappa shape index (κ2) is 8.28. The highest BCUT2D eigenvalue weighted by Gasteiger charge is 2.27. The number of carbonyl (C=O) groups is 2. The maximum absolute atomic E-state index is 12.4. The Hall–Kier alpha value is -1.89. The molecule has 2 N–H and O–H groups in total. The summed E-state index contributed by atoms with van der Waals surface area (Å²) in [7, 11) is 0. The number of aromatic nitrogens is 2. The third-order valence-corrected chi connectivity index (χ3v) is 4.92. The Morgan fingerprint density at radius 3 is 3.00 bits per heavy atom. The molecule has 0 aliphatic carbocycles. The fourth-order valence-electron chi connectivity index (χ4n) is 3.60. The molecule has 0 aromatic carbocycles. The van der Waals surface area contributed by atoms with E-state index in [1.54, 1.807) is 6.20 Å². The van der Waals surface area contributed by atoms with Gasteiger partial charge < -0.3 is 10.6 Å². The van der Waals surface area contributed by atoms with Gasteiger partial charge >= 0.3 is 0 Å². The second-order valence-electron chi connectivity index (χ2n) is 6.76. The van der Waals surface area contributed by atoms with Crippen LogP contribution >= 0.6 is 0 Å². The Kier molecular flexibility index (Phi) is 5.85. The third-order valence-electron chi connectivity index (χ3n) is 4.92. The Labute approximate surface area is 142 Å². The number of amides is 2. The highest BCUT2D eigenvalue weighted by molar-refractivity contribution is 5.88. The minimum atomic E-state index is -0.380. The van der Waals surface area contributed by atoms with Crippen LogP contribution in [0.5, 0.6) is 0 Å². The normalized spacial score (nSPS) is 25.8. The van der Waals surface area contributed by atoms with Crippen LogP contribution in [0.3, 0.4) is 0 Å². The zero-order chi connectivity index (χ0) is 16.8. The summed E-state index contributed by atoms with van der Waals surface area (Å²) >= 11 is 0. The zero-order valence-electron chi connectivity index (χ0n) is 14.1. The molecule has 7 nitrogen and oxygen atoms in total. The van der Waals surface area contributed by atoms with Crippen molar-refractivity contribution in [1.29, 1.82) is 0 Å². The summed E-state index contributed by atoms with van der Waals surface area (Å²) < 4.78 is 1.93. The van der Waals surface area contributed by atoms with E-state index in [2.05, 4.69) is 20.6 Å². The van der Waals surface area contributed by atoms with Gasteiger partial charge in [0.2, 0.25) is 11.8 Å². The maximum Gasteiger partial charge on any atom is 0.242 e. The van der Waals surface area contributed by atoms with Crippen molar-refractivity contribution >= 4 is 11.8 Å². The van der Waals surface area contributed by atoms with Crippen molar-refractivity contribution in [3.63, 3.8) is 0 Å². The van der Waals surface area contributed by atoms with Gasteiger partial charge in [-0.1, -0.05) is 6.42 Å². The Morgan fingerprint density at radius 1 is 1.29 bits per heavy atom. The highest BCUT2D eigenvalue weighted by Crippen LogP contribution is 2.18. The summed E-state index contributed by atoms with van der Waals surface area (Å²) in [5.41, 5.74) is 0. The van der Waals surface area contributed by atoms with Gasteiger partial charge in [0.25, 0.3) is 0 Å². The number of hydrogen-bond donors (Lipinski definition) is 2. The first-order valence-electron chi connectivity index (χ1n) is 9.01. The Morgan fingerprint density at radius 2 is 2.17 bits per heavy atom. The molecule has 3 rings (SSSR count). The van der Waals surface area contributed by atoms with Crippen molar-refractivity contribution in [2.24, 2.45) is 0 Å². The second-order valence-corrected chi connectivity index (χ2v) is 6.76. The molecule has 132 valence electrons. The van der Waals surface area contributed by atoms with E-state index >= 15 is 0 Å². The minimum Gasteiger partial charge on any atom is -0.354 e. The number of nitrogens with one attached hydrogen (secondary N) is 2. The summed E-state index contributed by atoms with van der Waals surface area (Å²) in [6, 6.07) is 1.87. The van der Waals surface area contributed by atoms with Crippen molar-refractivity contribution in [3.8, 4) is 0 Å². The van der Waals surface area contributed by atoms with Crippen molar-refractivity contribution in [1.82, 2.24) is 25.3 Å². The SMILES string of the molecule is O=C(CN1CCCC[C@H]1Cn1cccn1)N[C@H]1CCCCNC1=O. The van der Waals surface area contributed by atoms with Crippen molar-refractivity contribution in [2.45, 2.75) is 57.2 Å². The predicted molar refractivity (Wildman–Crippen MR) is 90.2 cm³/mol. The lowest BCUT2D eigenvalue weighted by Gasteiger charge is -2.35. The summed E-state index contributed by atoms with van der Waals surface area (Å²) in [4.78, 5) is 26.6. The van der Waals surface area contributed by atoms with Crippen LogP contribution in [-0.4, -0.2) is 58.2 Å². The summed E-state index contributed by atoms with van der Waals surface area (Å²) in [5, 5.41) is 10.1. The topological polar surface area (TPSA) is 79.3 Å². The molecular weight excluding hydrogens is 306 g/mol. The van der Waals surface area contributed by atoms with Crippen molar-refractivity contribution < 1.29 is 9.59 Å². The van der Waals surface area contributed by atoms with Gasteiger partial charge in [-0.2, -0.15) is 5.10 Å².